The Morgan fingerprint density at radius 1 is 0.918 bits per heavy atom. The first-order valence-corrected chi connectivity index (χ1v) is 15.5. The molecule has 0 aromatic heterocycles. The minimum atomic E-state index is -1.80. The van der Waals surface area contributed by atoms with Gasteiger partial charge in [-0.2, -0.15) is 0 Å². The molecule has 268 valence electrons. The minimum absolute atomic E-state index is 0.0706. The first kappa shape index (κ1) is 38.2. The van der Waals surface area contributed by atoms with Gasteiger partial charge in [-0.3, -0.25) is 33.6 Å². The summed E-state index contributed by atoms with van der Waals surface area (Å²) in [7, 11) is 0. The lowest BCUT2D eigenvalue weighted by molar-refractivity contribution is -0.148. The number of aliphatic hydroxyl groups excluding tert-OH is 1. The molecule has 6 atom stereocenters. The first-order chi connectivity index (χ1) is 23.1. The van der Waals surface area contributed by atoms with Crippen molar-refractivity contribution < 1.29 is 58.8 Å². The lowest BCUT2D eigenvalue weighted by atomic mass is 10.0. The van der Waals surface area contributed by atoms with Gasteiger partial charge in [-0.25, -0.2) is 4.79 Å². The van der Waals surface area contributed by atoms with E-state index in [1.165, 1.54) is 36.1 Å². The number of benzene rings is 1. The highest BCUT2D eigenvalue weighted by molar-refractivity contribution is 5.97. The van der Waals surface area contributed by atoms with E-state index < -0.39 is 96.7 Å². The van der Waals surface area contributed by atoms with Gasteiger partial charge in [0.2, 0.25) is 35.4 Å². The van der Waals surface area contributed by atoms with Crippen LogP contribution >= 0.6 is 0 Å². The maximum atomic E-state index is 13.8. The molecule has 0 radical (unpaired) electrons. The molecule has 19 heteroatoms. The minimum Gasteiger partial charge on any atom is -0.508 e. The van der Waals surface area contributed by atoms with Crippen LogP contribution in [-0.4, -0.2) is 140 Å². The Morgan fingerprint density at radius 3 is 2.20 bits per heavy atom. The smallest absolute Gasteiger partial charge is 0.326 e. The number of rotatable bonds is 15. The summed E-state index contributed by atoms with van der Waals surface area (Å²) in [5, 5.41) is 47.8. The van der Waals surface area contributed by atoms with E-state index in [1.54, 1.807) is 0 Å². The van der Waals surface area contributed by atoms with E-state index in [-0.39, 0.29) is 44.6 Å². The van der Waals surface area contributed by atoms with Crippen LogP contribution in [0.1, 0.15) is 38.2 Å². The number of carbonyl (C=O) groups is 8. The van der Waals surface area contributed by atoms with Crippen LogP contribution in [0.4, 0.5) is 0 Å². The predicted octanol–water partition coefficient (Wildman–Crippen LogP) is -4.00. The van der Waals surface area contributed by atoms with Crippen molar-refractivity contribution in [3.63, 3.8) is 0 Å². The van der Waals surface area contributed by atoms with Gasteiger partial charge in [0.05, 0.1) is 25.6 Å². The third-order valence-electron chi connectivity index (χ3n) is 8.10. The lowest BCUT2D eigenvalue weighted by Gasteiger charge is -2.31. The number of hydrogen-bond acceptors (Lipinski definition) is 11. The van der Waals surface area contributed by atoms with Gasteiger partial charge < -0.3 is 57.2 Å². The van der Waals surface area contributed by atoms with Gasteiger partial charge in [-0.1, -0.05) is 12.1 Å². The normalized spacial score (nSPS) is 20.4. The number of carbonyl (C=O) groups excluding carboxylic acids is 6. The van der Waals surface area contributed by atoms with E-state index in [4.69, 9.17) is 10.8 Å². The lowest BCUT2D eigenvalue weighted by Crippen LogP contribution is -2.58. The molecule has 49 heavy (non-hydrogen) atoms. The topological polar surface area (TPSA) is 298 Å². The van der Waals surface area contributed by atoms with Crippen LogP contribution in [0.25, 0.3) is 0 Å². The van der Waals surface area contributed by atoms with Crippen molar-refractivity contribution >= 4 is 47.4 Å². The molecule has 19 nitrogen and oxygen atoms in total. The highest BCUT2D eigenvalue weighted by Gasteiger charge is 2.45. The Hall–Kier alpha value is -5.30. The van der Waals surface area contributed by atoms with E-state index in [1.807, 2.05) is 0 Å². The second-order valence-corrected chi connectivity index (χ2v) is 11.8. The predicted molar refractivity (Wildman–Crippen MR) is 166 cm³/mol. The second-order valence-electron chi connectivity index (χ2n) is 11.8. The standard InChI is InChI=1S/C30H41N7O12/c1-15(33-23(40)12-31)26(44)32-13-24(41)37-14-18(39)10-22(37)29(47)36-8-2-3-21(36)28(46)34-19(9-16-4-6-17(38)7-5-16)27(45)35-20(30(48)49)11-25(42)43/h4-7,15,18-22,38-39H,2-3,8-14,31H2,1H3,(H,32,44)(H,33,40)(H,34,46)(H,35,45)(H,42,43)(H,48,49)/t15-,18-,19-,20-,21-,22-/m1/s1. The Balaban J connectivity index is 1.73. The van der Waals surface area contributed by atoms with Crippen LogP contribution in [0.2, 0.25) is 0 Å². The monoisotopic (exact) mass is 691 g/mol. The number of β-amino-alcohol motifs (C(OH)–C–C–N with tert-alkyl or cyclic N) is 1. The number of aliphatic hydroxyl groups is 1. The fraction of sp³-hybridized carbons (Fsp3) is 0.533. The molecule has 2 fully saturated rings. The number of nitrogens with one attached hydrogen (secondary N) is 4. The summed E-state index contributed by atoms with van der Waals surface area (Å²) < 4.78 is 0. The van der Waals surface area contributed by atoms with Crippen molar-refractivity contribution in [2.45, 2.75) is 75.3 Å². The Labute approximate surface area is 280 Å². The number of nitrogens with zero attached hydrogens (tertiary/aromatic N) is 2. The van der Waals surface area contributed by atoms with Crippen LogP contribution in [-0.2, 0) is 44.8 Å². The van der Waals surface area contributed by atoms with Gasteiger partial charge in [-0.05, 0) is 37.5 Å². The third kappa shape index (κ3) is 10.6. The van der Waals surface area contributed by atoms with E-state index >= 15 is 0 Å². The Kier molecular flexibility index (Phi) is 13.4. The number of hydrogen-bond donors (Lipinski definition) is 9. The van der Waals surface area contributed by atoms with Crippen LogP contribution in [0.15, 0.2) is 24.3 Å². The molecule has 2 aliphatic rings. The molecule has 0 unspecified atom stereocenters. The molecular formula is C30H41N7O12. The number of amides is 6. The summed E-state index contributed by atoms with van der Waals surface area (Å²) in [6.07, 6.45) is -1.77. The highest BCUT2D eigenvalue weighted by Crippen LogP contribution is 2.26. The van der Waals surface area contributed by atoms with Crippen molar-refractivity contribution in [1.82, 2.24) is 31.1 Å². The Morgan fingerprint density at radius 2 is 1.59 bits per heavy atom. The number of carboxylic acids is 2. The zero-order valence-corrected chi connectivity index (χ0v) is 26.7. The summed E-state index contributed by atoms with van der Waals surface area (Å²) in [5.41, 5.74) is 5.68. The summed E-state index contributed by atoms with van der Waals surface area (Å²) in [6.45, 7) is 0.388. The van der Waals surface area contributed by atoms with Crippen molar-refractivity contribution in [3.05, 3.63) is 29.8 Å². The van der Waals surface area contributed by atoms with Gasteiger partial charge >= 0.3 is 11.9 Å². The molecule has 0 saturated carbocycles. The van der Waals surface area contributed by atoms with Gasteiger partial charge in [0.25, 0.3) is 0 Å². The average Bonchev–Trinajstić information content (AvgIpc) is 3.70. The molecule has 0 spiro atoms. The molecule has 0 bridgehead atoms. The largest absolute Gasteiger partial charge is 0.508 e. The van der Waals surface area contributed by atoms with Crippen LogP contribution in [0.3, 0.4) is 0 Å². The average molecular weight is 692 g/mol. The van der Waals surface area contributed by atoms with Gasteiger partial charge in [-0.15, -0.1) is 0 Å². The summed E-state index contributed by atoms with van der Waals surface area (Å²) in [4.78, 5) is 102. The molecule has 2 heterocycles. The maximum absolute atomic E-state index is 13.8. The number of carboxylic acid groups (broad SMARTS) is 2. The fourth-order valence-corrected chi connectivity index (χ4v) is 5.59. The SMILES string of the molecule is C[C@@H](NC(=O)CN)C(=O)NCC(=O)N1C[C@H](O)C[C@@H]1C(=O)N1CCC[C@@H]1C(=O)N[C@H](Cc1ccc(O)cc1)C(=O)N[C@H](CC(=O)O)C(=O)O. The quantitative estimate of drug-likeness (QED) is 0.0848. The van der Waals surface area contributed by atoms with E-state index in [2.05, 4.69) is 21.3 Å². The molecule has 1 aromatic carbocycles. The number of nitrogens with two attached hydrogens (primary N) is 1. The molecule has 10 N–H and O–H groups in total. The first-order valence-electron chi connectivity index (χ1n) is 15.5. The maximum Gasteiger partial charge on any atom is 0.326 e. The van der Waals surface area contributed by atoms with Crippen LogP contribution in [0.5, 0.6) is 5.75 Å². The van der Waals surface area contributed by atoms with Crippen LogP contribution < -0.4 is 27.0 Å². The van der Waals surface area contributed by atoms with E-state index in [0.717, 1.165) is 4.90 Å². The third-order valence-corrected chi connectivity index (χ3v) is 8.10. The molecule has 1 aromatic rings. The molecule has 2 aliphatic heterocycles. The number of aromatic hydroxyl groups is 1. The summed E-state index contributed by atoms with van der Waals surface area (Å²) >= 11 is 0. The number of phenolic OH excluding ortho intramolecular Hbond substituents is 1. The van der Waals surface area contributed by atoms with Crippen LogP contribution in [0, 0.1) is 0 Å². The molecular weight excluding hydrogens is 650 g/mol. The van der Waals surface area contributed by atoms with E-state index in [0.29, 0.717) is 12.0 Å². The molecule has 2 saturated heterocycles. The van der Waals surface area contributed by atoms with Gasteiger partial charge in [0, 0.05) is 25.9 Å². The van der Waals surface area contributed by atoms with Crippen molar-refractivity contribution in [3.8, 4) is 5.75 Å². The molecule has 3 rings (SSSR count). The Bertz CT molecular complexity index is 1440. The number of phenols is 1. The second kappa shape index (κ2) is 17.2. The fourth-order valence-electron chi connectivity index (χ4n) is 5.59. The van der Waals surface area contributed by atoms with E-state index in [9.17, 15) is 53.7 Å². The van der Waals surface area contributed by atoms with Crippen molar-refractivity contribution in [2.24, 2.45) is 5.73 Å². The zero-order chi connectivity index (χ0) is 36.4. The zero-order valence-electron chi connectivity index (χ0n) is 26.7. The number of aliphatic carboxylic acids is 2. The van der Waals surface area contributed by atoms with Gasteiger partial charge in [0.1, 0.15) is 36.0 Å². The van der Waals surface area contributed by atoms with Crippen molar-refractivity contribution in [1.29, 1.82) is 0 Å². The molecule has 6 amide bonds. The van der Waals surface area contributed by atoms with Crippen molar-refractivity contribution in [2.75, 3.05) is 26.2 Å². The summed E-state index contributed by atoms with van der Waals surface area (Å²) in [5.74, 6) is -7.54. The summed E-state index contributed by atoms with van der Waals surface area (Å²) in [6, 6.07) is -0.901. The van der Waals surface area contributed by atoms with Gasteiger partial charge in [0.15, 0.2) is 0 Å². The molecule has 0 aliphatic carbocycles. The highest BCUT2D eigenvalue weighted by atomic mass is 16.4. The number of likely N-dealkylation sites (tertiary alicyclic amines) is 2.